The van der Waals surface area contributed by atoms with Gasteiger partial charge in [0.25, 0.3) is 0 Å². The Morgan fingerprint density at radius 2 is 2.21 bits per heavy atom. The summed E-state index contributed by atoms with van der Waals surface area (Å²) in [6.45, 7) is 5.43. The van der Waals surface area contributed by atoms with Crippen LogP contribution in [0.4, 0.5) is 11.6 Å². The molecule has 0 bridgehead atoms. The Kier molecular flexibility index (Phi) is 3.64. The molecule has 0 aromatic carbocycles. The van der Waals surface area contributed by atoms with Crippen molar-refractivity contribution in [2.24, 2.45) is 17.3 Å². The second-order valence-electron chi connectivity index (χ2n) is 7.97. The van der Waals surface area contributed by atoms with E-state index >= 15 is 0 Å². The predicted octanol–water partition coefficient (Wildman–Crippen LogP) is 2.80. The number of hydrogen-bond donors (Lipinski definition) is 2. The molecule has 1 aliphatic carbocycles. The SMILES string of the molecule is Cc1ccncc1-c1cc2cc(NC(=O)[C@H]3[C@@H]4COCC43C)ncc2c(N)n1. The number of hydrogen-bond acceptors (Lipinski definition) is 6. The monoisotopic (exact) mass is 375 g/mol. The molecular formula is C21H21N5O2. The number of pyridine rings is 3. The number of fused-ring (bicyclic) bond motifs is 2. The number of aryl methyl sites for hydroxylation is 1. The van der Waals surface area contributed by atoms with E-state index in [0.717, 1.165) is 27.6 Å². The van der Waals surface area contributed by atoms with Crippen LogP contribution in [0.5, 0.6) is 0 Å². The highest BCUT2D eigenvalue weighted by atomic mass is 16.5. The Bertz CT molecular complexity index is 1120. The molecule has 4 heterocycles. The first-order valence-electron chi connectivity index (χ1n) is 9.33. The molecule has 0 radical (unpaired) electrons. The lowest BCUT2D eigenvalue weighted by Gasteiger charge is -2.11. The van der Waals surface area contributed by atoms with Crippen LogP contribution in [0.15, 0.2) is 36.8 Å². The Hall–Kier alpha value is -3.06. The number of ether oxygens (including phenoxy) is 1. The molecule has 3 aromatic heterocycles. The number of carbonyl (C=O) groups excluding carboxylic acids is 1. The highest BCUT2D eigenvalue weighted by molar-refractivity contribution is 5.99. The number of nitrogens with zero attached hydrogens (tertiary/aromatic N) is 3. The molecule has 1 saturated carbocycles. The Labute approximate surface area is 162 Å². The fourth-order valence-electron chi connectivity index (χ4n) is 4.35. The third-order valence-corrected chi connectivity index (χ3v) is 6.16. The van der Waals surface area contributed by atoms with Gasteiger partial charge in [-0.25, -0.2) is 9.97 Å². The number of anilines is 2. The van der Waals surface area contributed by atoms with Crippen molar-refractivity contribution < 1.29 is 9.53 Å². The summed E-state index contributed by atoms with van der Waals surface area (Å²) in [5.41, 5.74) is 8.88. The minimum atomic E-state index is -0.0275. The minimum absolute atomic E-state index is 0.00476. The van der Waals surface area contributed by atoms with Crippen molar-refractivity contribution in [2.45, 2.75) is 13.8 Å². The summed E-state index contributed by atoms with van der Waals surface area (Å²) >= 11 is 0. The van der Waals surface area contributed by atoms with E-state index in [1.807, 2.05) is 25.1 Å². The van der Waals surface area contributed by atoms with E-state index in [1.54, 1.807) is 18.6 Å². The topological polar surface area (TPSA) is 103 Å². The van der Waals surface area contributed by atoms with Crippen LogP contribution in [0, 0.1) is 24.2 Å². The zero-order valence-corrected chi connectivity index (χ0v) is 15.8. The van der Waals surface area contributed by atoms with Crippen LogP contribution in [0.3, 0.4) is 0 Å². The second kappa shape index (κ2) is 5.97. The van der Waals surface area contributed by atoms with Gasteiger partial charge >= 0.3 is 0 Å². The summed E-state index contributed by atoms with van der Waals surface area (Å²) < 4.78 is 5.45. The molecule has 5 rings (SSSR count). The predicted molar refractivity (Wildman–Crippen MR) is 106 cm³/mol. The molecule has 1 saturated heterocycles. The van der Waals surface area contributed by atoms with Crippen molar-refractivity contribution in [1.82, 2.24) is 15.0 Å². The van der Waals surface area contributed by atoms with Gasteiger partial charge in [0.2, 0.25) is 5.91 Å². The van der Waals surface area contributed by atoms with Gasteiger partial charge < -0.3 is 15.8 Å². The lowest BCUT2D eigenvalue weighted by molar-refractivity contribution is -0.119. The van der Waals surface area contributed by atoms with Gasteiger partial charge in [-0.15, -0.1) is 0 Å². The summed E-state index contributed by atoms with van der Waals surface area (Å²) in [5.74, 6) is 1.24. The molecule has 2 fully saturated rings. The van der Waals surface area contributed by atoms with Gasteiger partial charge in [-0.2, -0.15) is 0 Å². The van der Waals surface area contributed by atoms with Crippen molar-refractivity contribution in [3.63, 3.8) is 0 Å². The van der Waals surface area contributed by atoms with Crippen molar-refractivity contribution in [3.05, 3.63) is 42.4 Å². The highest BCUT2D eigenvalue weighted by Gasteiger charge is 2.67. The molecule has 1 aliphatic heterocycles. The van der Waals surface area contributed by atoms with Crippen LogP contribution in [-0.2, 0) is 9.53 Å². The first-order valence-corrected chi connectivity index (χ1v) is 9.33. The number of carbonyl (C=O) groups is 1. The van der Waals surface area contributed by atoms with E-state index in [-0.39, 0.29) is 17.2 Å². The molecule has 2 aliphatic rings. The van der Waals surface area contributed by atoms with E-state index in [1.165, 1.54) is 0 Å². The van der Waals surface area contributed by atoms with Crippen LogP contribution in [0.25, 0.3) is 22.0 Å². The van der Waals surface area contributed by atoms with Gasteiger partial charge in [0.1, 0.15) is 11.6 Å². The van der Waals surface area contributed by atoms with E-state index in [9.17, 15) is 4.79 Å². The van der Waals surface area contributed by atoms with Gasteiger partial charge in [-0.05, 0) is 36.1 Å². The number of amides is 1. The molecule has 1 unspecified atom stereocenters. The summed E-state index contributed by atoms with van der Waals surface area (Å²) in [7, 11) is 0. The van der Waals surface area contributed by atoms with Gasteiger partial charge in [-0.1, -0.05) is 6.92 Å². The summed E-state index contributed by atoms with van der Waals surface area (Å²) in [6.07, 6.45) is 5.19. The number of aromatic nitrogens is 3. The van der Waals surface area contributed by atoms with Crippen LogP contribution >= 0.6 is 0 Å². The molecule has 7 nitrogen and oxygen atoms in total. The van der Waals surface area contributed by atoms with Crippen molar-refractivity contribution in [1.29, 1.82) is 0 Å². The average Bonchev–Trinajstić information content (AvgIpc) is 3.06. The van der Waals surface area contributed by atoms with Gasteiger partial charge in [-0.3, -0.25) is 9.78 Å². The Morgan fingerprint density at radius 3 is 2.96 bits per heavy atom. The zero-order valence-electron chi connectivity index (χ0n) is 15.8. The number of rotatable bonds is 3. The van der Waals surface area contributed by atoms with Gasteiger partial charge in [0.15, 0.2) is 0 Å². The summed E-state index contributed by atoms with van der Waals surface area (Å²) in [4.78, 5) is 25.7. The van der Waals surface area contributed by atoms with Gasteiger partial charge in [0.05, 0.1) is 24.8 Å². The van der Waals surface area contributed by atoms with Crippen LogP contribution < -0.4 is 11.1 Å². The molecule has 7 heteroatoms. The minimum Gasteiger partial charge on any atom is -0.383 e. The largest absolute Gasteiger partial charge is 0.383 e. The maximum absolute atomic E-state index is 12.7. The maximum Gasteiger partial charge on any atom is 0.229 e. The van der Waals surface area contributed by atoms with Crippen molar-refractivity contribution in [3.8, 4) is 11.3 Å². The van der Waals surface area contributed by atoms with E-state index in [2.05, 4.69) is 27.2 Å². The van der Waals surface area contributed by atoms with Gasteiger partial charge in [0, 0.05) is 40.9 Å². The number of nitrogens with one attached hydrogen (secondary N) is 1. The van der Waals surface area contributed by atoms with Crippen LogP contribution in [0.1, 0.15) is 12.5 Å². The molecule has 3 N–H and O–H groups in total. The molecular weight excluding hydrogens is 354 g/mol. The Morgan fingerprint density at radius 1 is 1.36 bits per heavy atom. The Balaban J connectivity index is 1.47. The average molecular weight is 375 g/mol. The first-order chi connectivity index (χ1) is 13.5. The highest BCUT2D eigenvalue weighted by Crippen LogP contribution is 2.62. The van der Waals surface area contributed by atoms with Crippen LogP contribution in [0.2, 0.25) is 0 Å². The fourth-order valence-corrected chi connectivity index (χ4v) is 4.35. The fraction of sp³-hybridized carbons (Fsp3) is 0.333. The quantitative estimate of drug-likeness (QED) is 0.730. The maximum atomic E-state index is 12.7. The van der Waals surface area contributed by atoms with E-state index < -0.39 is 0 Å². The zero-order chi connectivity index (χ0) is 19.5. The van der Waals surface area contributed by atoms with Crippen molar-refractivity contribution in [2.75, 3.05) is 24.3 Å². The lowest BCUT2D eigenvalue weighted by atomic mass is 10.1. The third kappa shape index (κ3) is 2.54. The molecule has 28 heavy (non-hydrogen) atoms. The smallest absolute Gasteiger partial charge is 0.229 e. The number of nitrogens with two attached hydrogens (primary N) is 1. The summed E-state index contributed by atoms with van der Waals surface area (Å²) in [5, 5.41) is 4.59. The standard InChI is InChI=1S/C21H21N5O2/c1-11-3-4-23-7-13(11)16-5-12-6-17(24-8-14(12)19(22)25-16)26-20(27)18-15-9-28-10-21(15,18)2/h3-8,15,18H,9-10H2,1-2H3,(H2,22,25)(H,24,26,27)/t15-,18+,21?/m0/s1. The molecule has 1 amide bonds. The molecule has 3 aromatic rings. The third-order valence-electron chi connectivity index (χ3n) is 6.16. The molecule has 142 valence electrons. The molecule has 0 spiro atoms. The summed E-state index contributed by atoms with van der Waals surface area (Å²) in [6, 6.07) is 5.73. The second-order valence-corrected chi connectivity index (χ2v) is 7.97. The lowest BCUT2D eigenvalue weighted by Crippen LogP contribution is -2.21. The normalized spacial score (nSPS) is 25.5. The molecule has 3 atom stereocenters. The van der Waals surface area contributed by atoms with E-state index in [0.29, 0.717) is 30.8 Å². The van der Waals surface area contributed by atoms with Crippen LogP contribution in [-0.4, -0.2) is 34.1 Å². The van der Waals surface area contributed by atoms with Crippen molar-refractivity contribution >= 4 is 28.3 Å². The first kappa shape index (κ1) is 17.1. The van der Waals surface area contributed by atoms with E-state index in [4.69, 9.17) is 10.5 Å². The number of nitrogen functional groups attached to an aromatic ring is 1.